The summed E-state index contributed by atoms with van der Waals surface area (Å²) < 4.78 is 41.7. The molecule has 2 aliphatic rings. The Kier molecular flexibility index (Phi) is 6.50. The van der Waals surface area contributed by atoms with Gasteiger partial charge in [0.1, 0.15) is 23.3 Å². The van der Waals surface area contributed by atoms with Gasteiger partial charge in [-0.1, -0.05) is 38.1 Å². The van der Waals surface area contributed by atoms with Crippen molar-refractivity contribution < 1.29 is 23.2 Å². The maximum absolute atomic E-state index is 15.3. The molecule has 1 saturated heterocycles. The molecule has 10 nitrogen and oxygen atoms in total. The topological polar surface area (TPSA) is 112 Å². The normalized spacial score (nSPS) is 19.2. The predicted octanol–water partition coefficient (Wildman–Crippen LogP) is 4.95. The molecule has 0 spiro atoms. The van der Waals surface area contributed by atoms with Crippen molar-refractivity contribution in [3.63, 3.8) is 0 Å². The van der Waals surface area contributed by atoms with Crippen molar-refractivity contribution in [2.45, 2.75) is 45.7 Å². The standard InChI is InChI=1S/C33H32ClFN6O4/c1-7-24(43)39-15-22-32(44)38(6)30-29(40(22)14-18(39)5)19-13-20(34)27(25-21(35)9-8-10-23(25)42)37-31(19)41(33(30)45)28-17(4)11-12-36-26(28)16(2)3/h7-13,16,18,22,42H,1,14-15H2,2-6H3/t18-,22-/m1/s1/i6D3. The van der Waals surface area contributed by atoms with Gasteiger partial charge < -0.3 is 19.8 Å². The average molecular weight is 634 g/mol. The highest BCUT2D eigenvalue weighted by Crippen LogP contribution is 2.45. The molecular weight excluding hydrogens is 599 g/mol. The van der Waals surface area contributed by atoms with Crippen molar-refractivity contribution in [3.8, 4) is 22.7 Å². The Labute approximate surface area is 268 Å². The molecule has 232 valence electrons. The molecule has 0 aliphatic carbocycles. The van der Waals surface area contributed by atoms with Gasteiger partial charge in [-0.3, -0.25) is 23.9 Å². The van der Waals surface area contributed by atoms with Gasteiger partial charge in [0, 0.05) is 35.3 Å². The Morgan fingerprint density at radius 3 is 2.64 bits per heavy atom. The zero-order chi connectivity index (χ0) is 35.0. The van der Waals surface area contributed by atoms with E-state index in [-0.39, 0.29) is 52.0 Å². The van der Waals surface area contributed by atoms with Crippen LogP contribution in [-0.2, 0) is 9.59 Å². The molecule has 0 radical (unpaired) electrons. The summed E-state index contributed by atoms with van der Waals surface area (Å²) in [6.07, 6.45) is 2.70. The second kappa shape index (κ2) is 11.0. The quantitative estimate of drug-likeness (QED) is 0.317. The van der Waals surface area contributed by atoms with Crippen LogP contribution in [0.2, 0.25) is 5.02 Å². The Morgan fingerprint density at radius 1 is 1.22 bits per heavy atom. The van der Waals surface area contributed by atoms with Crippen molar-refractivity contribution in [1.82, 2.24) is 19.4 Å². The summed E-state index contributed by atoms with van der Waals surface area (Å²) in [7, 11) is 0. The summed E-state index contributed by atoms with van der Waals surface area (Å²) in [5, 5.41) is 10.8. The fourth-order valence-corrected chi connectivity index (χ4v) is 6.53. The second-order valence-electron chi connectivity index (χ2n) is 11.6. The predicted molar refractivity (Wildman–Crippen MR) is 172 cm³/mol. The molecule has 0 unspecified atom stereocenters. The van der Waals surface area contributed by atoms with E-state index in [1.807, 2.05) is 13.8 Å². The monoisotopic (exact) mass is 633 g/mol. The summed E-state index contributed by atoms with van der Waals surface area (Å²) in [5.41, 5.74) is -0.331. The van der Waals surface area contributed by atoms with Gasteiger partial charge in [0.05, 0.1) is 39.9 Å². The van der Waals surface area contributed by atoms with Crippen LogP contribution in [0.4, 0.5) is 15.8 Å². The molecule has 3 aromatic heterocycles. The van der Waals surface area contributed by atoms with E-state index in [1.165, 1.54) is 27.7 Å². The highest BCUT2D eigenvalue weighted by molar-refractivity contribution is 6.34. The first kappa shape index (κ1) is 26.6. The Bertz CT molecular complexity index is 2080. The Morgan fingerprint density at radius 2 is 1.98 bits per heavy atom. The number of aromatic nitrogens is 3. The summed E-state index contributed by atoms with van der Waals surface area (Å²) in [4.78, 5) is 54.7. The number of pyridine rings is 3. The highest BCUT2D eigenvalue weighted by Gasteiger charge is 2.46. The van der Waals surface area contributed by atoms with Crippen LogP contribution in [-0.4, -0.2) is 68.5 Å². The van der Waals surface area contributed by atoms with Gasteiger partial charge in [-0.25, -0.2) is 9.37 Å². The molecule has 5 heterocycles. The summed E-state index contributed by atoms with van der Waals surface area (Å²) in [5.74, 6) is -2.80. The number of phenols is 1. The van der Waals surface area contributed by atoms with E-state index in [1.54, 1.807) is 31.0 Å². The number of hydrogen-bond donors (Lipinski definition) is 1. The number of carbonyl (C=O) groups excluding carboxylic acids is 2. The molecule has 0 bridgehead atoms. The van der Waals surface area contributed by atoms with Crippen LogP contribution in [0.3, 0.4) is 0 Å². The molecule has 1 aromatic carbocycles. The van der Waals surface area contributed by atoms with Gasteiger partial charge in [-0.2, -0.15) is 0 Å². The highest BCUT2D eigenvalue weighted by atomic mass is 35.5. The third kappa shape index (κ3) is 4.56. The van der Waals surface area contributed by atoms with Crippen LogP contribution in [0.25, 0.3) is 28.0 Å². The minimum Gasteiger partial charge on any atom is -0.507 e. The summed E-state index contributed by atoms with van der Waals surface area (Å²) >= 11 is 6.80. The minimum atomic E-state index is -3.11. The van der Waals surface area contributed by atoms with E-state index in [0.717, 1.165) is 12.1 Å². The second-order valence-corrected chi connectivity index (χ2v) is 12.0. The van der Waals surface area contributed by atoms with Gasteiger partial charge in [0.2, 0.25) is 5.91 Å². The van der Waals surface area contributed by atoms with Gasteiger partial charge in [-0.05, 0) is 55.7 Å². The first-order valence-corrected chi connectivity index (χ1v) is 14.7. The molecular formula is C33H32ClFN6O4. The largest absolute Gasteiger partial charge is 0.507 e. The lowest BCUT2D eigenvalue weighted by molar-refractivity contribution is -0.130. The molecule has 1 fully saturated rings. The van der Waals surface area contributed by atoms with Crippen LogP contribution >= 0.6 is 11.6 Å². The molecule has 0 saturated carbocycles. The number of phenolic OH excluding ortho intramolecular Hbond substituents is 1. The Hall–Kier alpha value is -4.77. The van der Waals surface area contributed by atoms with E-state index in [2.05, 4.69) is 11.6 Å². The van der Waals surface area contributed by atoms with E-state index >= 15 is 4.39 Å². The number of anilines is 2. The number of likely N-dealkylation sites (N-methyl/N-ethyl adjacent to an activating group) is 1. The Balaban J connectivity index is 1.81. The molecule has 6 rings (SSSR count). The van der Waals surface area contributed by atoms with Gasteiger partial charge in [-0.15, -0.1) is 0 Å². The number of hydrogen-bond acceptors (Lipinski definition) is 7. The van der Waals surface area contributed by atoms with Crippen molar-refractivity contribution >= 4 is 45.8 Å². The molecule has 2 atom stereocenters. The van der Waals surface area contributed by atoms with E-state index in [0.29, 0.717) is 21.8 Å². The summed E-state index contributed by atoms with van der Waals surface area (Å²) in [6, 6.07) is 5.18. The number of nitrogens with zero attached hydrogens (tertiary/aromatic N) is 6. The molecule has 2 aliphatic heterocycles. The van der Waals surface area contributed by atoms with Crippen molar-refractivity contribution in [2.24, 2.45) is 0 Å². The van der Waals surface area contributed by atoms with Crippen molar-refractivity contribution in [2.75, 3.05) is 29.9 Å². The summed E-state index contributed by atoms with van der Waals surface area (Å²) in [6.45, 7) is 7.57. The SMILES string of the molecule is [2H]C([2H])([2H])N1C(=O)[C@H]2CN(C(=O)C=C)[C@H](C)CN2c2c1c(=O)n(-c1c(C)ccnc1C(C)C)c1nc(-c3c(O)cccc3F)c(Cl)cc21. The number of aromatic hydroxyl groups is 1. The number of aryl methyl sites for hydroxylation is 1. The smallest absolute Gasteiger partial charge is 0.283 e. The molecule has 4 aromatic rings. The lowest BCUT2D eigenvalue weighted by Gasteiger charge is -2.49. The van der Waals surface area contributed by atoms with Gasteiger partial charge in [0.15, 0.2) is 5.65 Å². The van der Waals surface area contributed by atoms with Crippen LogP contribution in [0.5, 0.6) is 5.75 Å². The number of fused-ring (bicyclic) bond motifs is 5. The van der Waals surface area contributed by atoms with Gasteiger partial charge in [0.25, 0.3) is 11.5 Å². The lowest BCUT2D eigenvalue weighted by Crippen LogP contribution is -2.66. The molecule has 12 heteroatoms. The molecule has 45 heavy (non-hydrogen) atoms. The van der Waals surface area contributed by atoms with E-state index in [4.69, 9.17) is 20.7 Å². The third-order valence-corrected chi connectivity index (χ3v) is 8.71. The third-order valence-electron chi connectivity index (χ3n) is 8.42. The van der Waals surface area contributed by atoms with E-state index in [9.17, 15) is 19.5 Å². The van der Waals surface area contributed by atoms with Crippen LogP contribution in [0.1, 0.15) is 42.1 Å². The molecule has 2 amide bonds. The first-order valence-electron chi connectivity index (χ1n) is 15.8. The van der Waals surface area contributed by atoms with E-state index < -0.39 is 53.7 Å². The number of amides is 2. The fourth-order valence-electron chi connectivity index (χ4n) is 6.28. The fraction of sp³-hybridized carbons (Fsp3) is 0.303. The number of halogens is 2. The van der Waals surface area contributed by atoms with Crippen molar-refractivity contribution in [1.29, 1.82) is 0 Å². The zero-order valence-corrected chi connectivity index (χ0v) is 25.8. The average Bonchev–Trinajstić information content (AvgIpc) is 3.01. The zero-order valence-electron chi connectivity index (χ0n) is 28.0. The number of benzene rings is 1. The number of piperazine rings is 1. The molecule has 1 N–H and O–H groups in total. The van der Waals surface area contributed by atoms with Crippen LogP contribution in [0.15, 0.2) is 54.0 Å². The van der Waals surface area contributed by atoms with Crippen LogP contribution in [0, 0.1) is 12.7 Å². The van der Waals surface area contributed by atoms with Crippen molar-refractivity contribution in [3.05, 3.63) is 81.6 Å². The minimum absolute atomic E-state index is 0.0327. The van der Waals surface area contributed by atoms with Crippen LogP contribution < -0.4 is 15.4 Å². The maximum atomic E-state index is 15.3. The number of rotatable bonds is 4. The maximum Gasteiger partial charge on any atom is 0.283 e. The lowest BCUT2D eigenvalue weighted by atomic mass is 9.98. The van der Waals surface area contributed by atoms with Gasteiger partial charge >= 0.3 is 0 Å². The first-order chi connectivity index (χ1) is 22.6. The number of carbonyl (C=O) groups is 2.